The molecule has 0 aliphatic rings. The van der Waals surface area contributed by atoms with Crippen molar-refractivity contribution in [2.45, 2.75) is 13.0 Å². The second kappa shape index (κ2) is 6.28. The Kier molecular flexibility index (Phi) is 4.69. The lowest BCUT2D eigenvalue weighted by atomic mass is 10.2. The van der Waals surface area contributed by atoms with E-state index in [0.29, 0.717) is 11.6 Å². The van der Waals surface area contributed by atoms with Gasteiger partial charge in [-0.15, -0.1) is 11.6 Å². The van der Waals surface area contributed by atoms with Crippen molar-refractivity contribution in [2.75, 3.05) is 17.7 Å². The van der Waals surface area contributed by atoms with Crippen LogP contribution < -0.4 is 5.32 Å². The summed E-state index contributed by atoms with van der Waals surface area (Å²) in [6.07, 6.45) is 3.02. The van der Waals surface area contributed by atoms with E-state index >= 15 is 0 Å². The Morgan fingerprint density at radius 3 is 2.84 bits per heavy atom. The van der Waals surface area contributed by atoms with E-state index in [0.717, 1.165) is 17.2 Å². The third-order valence-corrected chi connectivity index (χ3v) is 3.41. The number of imidazole rings is 1. The molecule has 1 atom stereocenters. The maximum absolute atomic E-state index is 9.39. The Hall–Kier alpha value is -1.23. The van der Waals surface area contributed by atoms with Gasteiger partial charge in [-0.25, -0.2) is 4.98 Å². The molecular formula is C13H15Cl2N3O. The fraction of sp³-hybridized carbons (Fsp3) is 0.308. The van der Waals surface area contributed by atoms with Crippen LogP contribution in [0.1, 0.15) is 5.82 Å². The molecule has 0 aliphatic carbocycles. The number of aromatic nitrogens is 2. The minimum absolute atomic E-state index is 0.201. The van der Waals surface area contributed by atoms with Gasteiger partial charge in [-0.3, -0.25) is 0 Å². The highest BCUT2D eigenvalue weighted by molar-refractivity contribution is 6.32. The molecule has 0 saturated carbocycles. The van der Waals surface area contributed by atoms with Crippen LogP contribution in [0.5, 0.6) is 0 Å². The first-order valence-electron chi connectivity index (χ1n) is 5.89. The van der Waals surface area contributed by atoms with Crippen molar-refractivity contribution in [1.82, 2.24) is 9.55 Å². The lowest BCUT2D eigenvalue weighted by molar-refractivity contribution is 0.211. The molecule has 0 bridgehead atoms. The minimum atomic E-state index is -0.573. The number of nitrogens with zero attached hydrogens (tertiary/aromatic N) is 2. The summed E-state index contributed by atoms with van der Waals surface area (Å²) in [7, 11) is 0. The molecule has 0 aliphatic heterocycles. The predicted octanol–water partition coefficient (Wildman–Crippen LogP) is 2.85. The van der Waals surface area contributed by atoms with E-state index in [-0.39, 0.29) is 5.88 Å². The van der Waals surface area contributed by atoms with Crippen molar-refractivity contribution in [3.8, 4) is 5.69 Å². The maximum Gasteiger partial charge on any atom is 0.110 e. The van der Waals surface area contributed by atoms with Gasteiger partial charge in [-0.2, -0.15) is 0 Å². The number of hydrogen-bond acceptors (Lipinski definition) is 3. The molecule has 0 radical (unpaired) electrons. The molecule has 1 heterocycles. The second-order valence-corrected chi connectivity index (χ2v) is 4.92. The van der Waals surface area contributed by atoms with Gasteiger partial charge in [0.2, 0.25) is 0 Å². The molecule has 4 nitrogen and oxygen atoms in total. The van der Waals surface area contributed by atoms with Gasteiger partial charge in [0.1, 0.15) is 5.82 Å². The normalized spacial score (nSPS) is 12.4. The first-order chi connectivity index (χ1) is 9.11. The number of aliphatic hydroxyl groups excluding tert-OH is 1. The SMILES string of the molecule is Cc1nccn1-c1ccc(NCC(O)CCl)cc1Cl. The van der Waals surface area contributed by atoms with Crippen LogP contribution >= 0.6 is 23.2 Å². The van der Waals surface area contributed by atoms with Gasteiger partial charge < -0.3 is 15.0 Å². The van der Waals surface area contributed by atoms with E-state index in [1.54, 1.807) is 6.20 Å². The lowest BCUT2D eigenvalue weighted by Crippen LogP contribution is -2.20. The van der Waals surface area contributed by atoms with Crippen LogP contribution in [0.25, 0.3) is 5.69 Å². The van der Waals surface area contributed by atoms with Crippen LogP contribution in [0, 0.1) is 6.92 Å². The van der Waals surface area contributed by atoms with Gasteiger partial charge in [0.25, 0.3) is 0 Å². The Bertz CT molecular complexity index is 557. The summed E-state index contributed by atoms with van der Waals surface area (Å²) in [5.41, 5.74) is 1.72. The molecule has 0 saturated heterocycles. The Labute approximate surface area is 122 Å². The summed E-state index contributed by atoms with van der Waals surface area (Å²) < 4.78 is 1.92. The molecule has 6 heteroatoms. The summed E-state index contributed by atoms with van der Waals surface area (Å²) in [6, 6.07) is 5.63. The number of halogens is 2. The molecule has 2 rings (SSSR count). The third kappa shape index (κ3) is 3.41. The summed E-state index contributed by atoms with van der Waals surface area (Å²) in [5.74, 6) is 1.08. The number of nitrogens with one attached hydrogen (secondary N) is 1. The highest BCUT2D eigenvalue weighted by Crippen LogP contribution is 2.25. The topological polar surface area (TPSA) is 50.1 Å². The number of hydrogen-bond donors (Lipinski definition) is 2. The monoisotopic (exact) mass is 299 g/mol. The lowest BCUT2D eigenvalue weighted by Gasteiger charge is -2.12. The molecule has 2 N–H and O–H groups in total. The largest absolute Gasteiger partial charge is 0.390 e. The molecule has 102 valence electrons. The maximum atomic E-state index is 9.39. The Morgan fingerprint density at radius 1 is 1.47 bits per heavy atom. The van der Waals surface area contributed by atoms with Gasteiger partial charge in [-0.1, -0.05) is 11.6 Å². The standard InChI is InChI=1S/C13H15Cl2N3O/c1-9-16-4-5-18(9)13-3-2-10(6-12(13)15)17-8-11(19)7-14/h2-6,11,17,19H,7-8H2,1H3. The summed E-state index contributed by atoms with van der Waals surface area (Å²) >= 11 is 11.8. The molecule has 2 aromatic rings. The number of rotatable bonds is 5. The van der Waals surface area contributed by atoms with Gasteiger partial charge in [0.05, 0.1) is 22.7 Å². The van der Waals surface area contributed by atoms with E-state index in [1.807, 2.05) is 35.9 Å². The van der Waals surface area contributed by atoms with Crippen LogP contribution in [-0.4, -0.2) is 33.2 Å². The van der Waals surface area contributed by atoms with E-state index in [4.69, 9.17) is 23.2 Å². The van der Waals surface area contributed by atoms with E-state index in [9.17, 15) is 5.11 Å². The first-order valence-corrected chi connectivity index (χ1v) is 6.81. The van der Waals surface area contributed by atoms with Crippen molar-refractivity contribution in [2.24, 2.45) is 0 Å². The summed E-state index contributed by atoms with van der Waals surface area (Å²) in [4.78, 5) is 4.17. The summed E-state index contributed by atoms with van der Waals surface area (Å²) in [6.45, 7) is 2.31. The van der Waals surface area contributed by atoms with Gasteiger partial charge >= 0.3 is 0 Å². The van der Waals surface area contributed by atoms with Crippen LogP contribution in [-0.2, 0) is 0 Å². The average Bonchev–Trinajstić information content (AvgIpc) is 2.82. The van der Waals surface area contributed by atoms with Crippen LogP contribution in [0.4, 0.5) is 5.69 Å². The first kappa shape index (κ1) is 14.2. The molecule has 1 aromatic heterocycles. The highest BCUT2D eigenvalue weighted by atomic mass is 35.5. The quantitative estimate of drug-likeness (QED) is 0.835. The van der Waals surface area contributed by atoms with Crippen molar-refractivity contribution >= 4 is 28.9 Å². The van der Waals surface area contributed by atoms with Gasteiger partial charge in [0.15, 0.2) is 0 Å². The zero-order chi connectivity index (χ0) is 13.8. The van der Waals surface area contributed by atoms with Crippen molar-refractivity contribution in [3.63, 3.8) is 0 Å². The average molecular weight is 300 g/mol. The zero-order valence-electron chi connectivity index (χ0n) is 10.5. The molecule has 0 amide bonds. The van der Waals surface area contributed by atoms with Crippen LogP contribution in [0.3, 0.4) is 0 Å². The smallest absolute Gasteiger partial charge is 0.110 e. The van der Waals surface area contributed by atoms with E-state index in [2.05, 4.69) is 10.3 Å². The number of aliphatic hydroxyl groups is 1. The van der Waals surface area contributed by atoms with Crippen LogP contribution in [0.15, 0.2) is 30.6 Å². The molecule has 0 fully saturated rings. The Balaban J connectivity index is 2.16. The number of aryl methyl sites for hydroxylation is 1. The minimum Gasteiger partial charge on any atom is -0.390 e. The van der Waals surface area contributed by atoms with Crippen LogP contribution in [0.2, 0.25) is 5.02 Å². The molecule has 19 heavy (non-hydrogen) atoms. The molecule has 0 spiro atoms. The van der Waals surface area contributed by atoms with Gasteiger partial charge in [-0.05, 0) is 25.1 Å². The Morgan fingerprint density at radius 2 is 2.26 bits per heavy atom. The second-order valence-electron chi connectivity index (χ2n) is 4.20. The van der Waals surface area contributed by atoms with E-state index < -0.39 is 6.10 Å². The number of anilines is 1. The van der Waals surface area contributed by atoms with Gasteiger partial charge in [0, 0.05) is 24.6 Å². The zero-order valence-corrected chi connectivity index (χ0v) is 12.0. The van der Waals surface area contributed by atoms with E-state index in [1.165, 1.54) is 0 Å². The van der Waals surface area contributed by atoms with Crippen molar-refractivity contribution < 1.29 is 5.11 Å². The fourth-order valence-electron chi connectivity index (χ4n) is 1.74. The third-order valence-electron chi connectivity index (χ3n) is 2.75. The molecule has 1 unspecified atom stereocenters. The van der Waals surface area contributed by atoms with Crippen molar-refractivity contribution in [1.29, 1.82) is 0 Å². The number of alkyl halides is 1. The highest BCUT2D eigenvalue weighted by Gasteiger charge is 2.07. The summed E-state index contributed by atoms with van der Waals surface area (Å²) in [5, 5.41) is 13.1. The molecule has 1 aromatic carbocycles. The fourth-order valence-corrected chi connectivity index (χ4v) is 2.12. The molecular weight excluding hydrogens is 285 g/mol. The number of benzene rings is 1. The predicted molar refractivity (Wildman–Crippen MR) is 78.5 cm³/mol. The van der Waals surface area contributed by atoms with Crippen molar-refractivity contribution in [3.05, 3.63) is 41.4 Å².